The Morgan fingerprint density at radius 1 is 1.29 bits per heavy atom. The van der Waals surface area contributed by atoms with E-state index >= 15 is 0 Å². The minimum Gasteiger partial charge on any atom is -0.457 e. The van der Waals surface area contributed by atoms with E-state index in [-0.39, 0.29) is 11.4 Å². The molecular weight excluding hydrogens is 382 g/mol. The zero-order valence-electron chi connectivity index (χ0n) is 12.3. The number of hydrogen-bond acceptors (Lipinski definition) is 5. The SMILES string of the molecule is CN1C(=O)N/C(=C\c2ccc(-c3ccc([N+](=O)[O-])cc3Br)o2)C1=O. The molecule has 1 aliphatic heterocycles. The van der Waals surface area contributed by atoms with Crippen LogP contribution in [0.5, 0.6) is 0 Å². The zero-order valence-corrected chi connectivity index (χ0v) is 13.9. The van der Waals surface area contributed by atoms with Crippen LogP contribution in [0.25, 0.3) is 17.4 Å². The lowest BCUT2D eigenvalue weighted by molar-refractivity contribution is -0.384. The molecule has 1 N–H and O–H groups in total. The van der Waals surface area contributed by atoms with Crippen molar-refractivity contribution in [1.82, 2.24) is 10.2 Å². The molecule has 9 heteroatoms. The molecule has 1 aromatic carbocycles. The average molecular weight is 392 g/mol. The standard InChI is InChI=1S/C15H10BrN3O5/c1-18-14(20)12(17-15(18)21)7-9-3-5-13(24-9)10-4-2-8(19(22)23)6-11(10)16/h2-7H,1H3,(H,17,21)/b12-7-. The molecule has 1 aliphatic rings. The maximum atomic E-state index is 11.8. The topological polar surface area (TPSA) is 106 Å². The van der Waals surface area contributed by atoms with E-state index in [0.29, 0.717) is 21.6 Å². The fraction of sp³-hybridized carbons (Fsp3) is 0.0667. The number of nitrogens with one attached hydrogen (secondary N) is 1. The van der Waals surface area contributed by atoms with Crippen LogP contribution in [0, 0.1) is 10.1 Å². The number of nitro groups is 1. The number of likely N-dealkylation sites (N-methyl/N-ethyl adjacent to an activating group) is 1. The molecule has 2 heterocycles. The van der Waals surface area contributed by atoms with E-state index < -0.39 is 16.9 Å². The van der Waals surface area contributed by atoms with Crippen LogP contribution >= 0.6 is 15.9 Å². The highest BCUT2D eigenvalue weighted by molar-refractivity contribution is 9.10. The second-order valence-electron chi connectivity index (χ2n) is 4.98. The van der Waals surface area contributed by atoms with Crippen molar-refractivity contribution in [2.75, 3.05) is 7.05 Å². The van der Waals surface area contributed by atoms with Crippen LogP contribution in [0.2, 0.25) is 0 Å². The van der Waals surface area contributed by atoms with Gasteiger partial charge < -0.3 is 9.73 Å². The van der Waals surface area contributed by atoms with E-state index in [1.165, 1.54) is 25.3 Å². The Labute approximate surface area is 144 Å². The molecule has 0 atom stereocenters. The summed E-state index contributed by atoms with van der Waals surface area (Å²) >= 11 is 3.28. The number of furan rings is 1. The van der Waals surface area contributed by atoms with Gasteiger partial charge in [-0.1, -0.05) is 0 Å². The number of carbonyl (C=O) groups excluding carboxylic acids is 2. The van der Waals surface area contributed by atoms with Gasteiger partial charge in [-0.15, -0.1) is 0 Å². The highest BCUT2D eigenvalue weighted by Gasteiger charge is 2.30. The second kappa shape index (κ2) is 5.93. The maximum absolute atomic E-state index is 11.8. The monoisotopic (exact) mass is 391 g/mol. The highest BCUT2D eigenvalue weighted by Crippen LogP contribution is 2.33. The molecule has 8 nitrogen and oxygen atoms in total. The lowest BCUT2D eigenvalue weighted by Gasteiger charge is -2.01. The summed E-state index contributed by atoms with van der Waals surface area (Å²) in [5.41, 5.74) is 0.706. The first-order chi connectivity index (χ1) is 11.4. The molecule has 0 spiro atoms. The van der Waals surface area contributed by atoms with E-state index in [9.17, 15) is 19.7 Å². The fourth-order valence-electron chi connectivity index (χ4n) is 2.16. The van der Waals surface area contributed by atoms with Gasteiger partial charge in [0, 0.05) is 35.3 Å². The Balaban J connectivity index is 1.91. The predicted molar refractivity (Wildman–Crippen MR) is 87.8 cm³/mol. The molecule has 0 saturated carbocycles. The number of carbonyl (C=O) groups is 2. The summed E-state index contributed by atoms with van der Waals surface area (Å²) in [5, 5.41) is 13.2. The molecule has 0 bridgehead atoms. The first kappa shape index (κ1) is 15.9. The van der Waals surface area contributed by atoms with Crippen molar-refractivity contribution in [1.29, 1.82) is 0 Å². The smallest absolute Gasteiger partial charge is 0.328 e. The largest absolute Gasteiger partial charge is 0.457 e. The molecule has 1 aromatic heterocycles. The summed E-state index contributed by atoms with van der Waals surface area (Å²) < 4.78 is 6.14. The number of non-ortho nitro benzene ring substituents is 1. The number of urea groups is 1. The summed E-state index contributed by atoms with van der Waals surface area (Å²) in [4.78, 5) is 34.5. The summed E-state index contributed by atoms with van der Waals surface area (Å²) in [6.07, 6.45) is 1.42. The number of benzene rings is 1. The third-order valence-corrected chi connectivity index (χ3v) is 4.08. The third kappa shape index (κ3) is 2.81. The molecule has 1 fully saturated rings. The molecule has 122 valence electrons. The Kier molecular flexibility index (Phi) is 3.94. The number of imide groups is 1. The number of halogens is 1. The van der Waals surface area contributed by atoms with Crippen LogP contribution < -0.4 is 5.32 Å². The number of rotatable bonds is 3. The molecule has 3 rings (SSSR count). The normalized spacial score (nSPS) is 15.9. The van der Waals surface area contributed by atoms with Crippen molar-refractivity contribution in [3.8, 4) is 11.3 Å². The third-order valence-electron chi connectivity index (χ3n) is 3.42. The fourth-order valence-corrected chi connectivity index (χ4v) is 2.72. The lowest BCUT2D eigenvalue weighted by atomic mass is 10.1. The Morgan fingerprint density at radius 2 is 2.04 bits per heavy atom. The van der Waals surface area contributed by atoms with Gasteiger partial charge in [0.15, 0.2) is 0 Å². The first-order valence-corrected chi connectivity index (χ1v) is 7.51. The van der Waals surface area contributed by atoms with Gasteiger partial charge in [0.2, 0.25) is 0 Å². The van der Waals surface area contributed by atoms with E-state index in [2.05, 4.69) is 21.2 Å². The maximum Gasteiger partial charge on any atom is 0.328 e. The van der Waals surface area contributed by atoms with Crippen LogP contribution in [-0.4, -0.2) is 28.8 Å². The summed E-state index contributed by atoms with van der Waals surface area (Å²) in [6, 6.07) is 7.12. The van der Waals surface area contributed by atoms with Crippen LogP contribution in [0.1, 0.15) is 5.76 Å². The van der Waals surface area contributed by atoms with E-state index in [4.69, 9.17) is 4.42 Å². The van der Waals surface area contributed by atoms with Gasteiger partial charge >= 0.3 is 6.03 Å². The quantitative estimate of drug-likeness (QED) is 0.374. The average Bonchev–Trinajstić information content (AvgIpc) is 3.08. The van der Waals surface area contributed by atoms with Gasteiger partial charge in [-0.3, -0.25) is 19.8 Å². The van der Waals surface area contributed by atoms with Gasteiger partial charge in [-0.25, -0.2) is 4.79 Å². The van der Waals surface area contributed by atoms with Crippen molar-refractivity contribution >= 4 is 39.6 Å². The van der Waals surface area contributed by atoms with Crippen LogP contribution in [0.3, 0.4) is 0 Å². The van der Waals surface area contributed by atoms with Crippen molar-refractivity contribution in [3.63, 3.8) is 0 Å². The minimum absolute atomic E-state index is 0.0400. The van der Waals surface area contributed by atoms with Crippen LogP contribution in [0.15, 0.2) is 44.9 Å². The first-order valence-electron chi connectivity index (χ1n) is 6.71. The van der Waals surface area contributed by atoms with Gasteiger partial charge in [0.25, 0.3) is 11.6 Å². The zero-order chi connectivity index (χ0) is 17.4. The summed E-state index contributed by atoms with van der Waals surface area (Å²) in [7, 11) is 1.38. The molecule has 3 amide bonds. The van der Waals surface area contributed by atoms with Gasteiger partial charge in [-0.05, 0) is 34.1 Å². The van der Waals surface area contributed by atoms with Crippen molar-refractivity contribution < 1.29 is 18.9 Å². The van der Waals surface area contributed by atoms with Crippen LogP contribution in [-0.2, 0) is 4.79 Å². The lowest BCUT2D eigenvalue weighted by Crippen LogP contribution is -2.25. The molecule has 2 aromatic rings. The molecule has 24 heavy (non-hydrogen) atoms. The Morgan fingerprint density at radius 3 is 2.62 bits per heavy atom. The van der Waals surface area contributed by atoms with E-state index in [0.717, 1.165) is 4.90 Å². The van der Waals surface area contributed by atoms with Gasteiger partial charge in [0.05, 0.1) is 4.92 Å². The predicted octanol–water partition coefficient (Wildman–Crippen LogP) is 3.14. The Bertz CT molecular complexity index is 902. The summed E-state index contributed by atoms with van der Waals surface area (Å²) in [5.74, 6) is 0.386. The van der Waals surface area contributed by atoms with Crippen molar-refractivity contribution in [2.24, 2.45) is 0 Å². The molecule has 0 unspecified atom stereocenters. The number of nitro benzene ring substituents is 1. The van der Waals surface area contributed by atoms with Crippen LogP contribution in [0.4, 0.5) is 10.5 Å². The van der Waals surface area contributed by atoms with Gasteiger partial charge in [-0.2, -0.15) is 0 Å². The van der Waals surface area contributed by atoms with Crippen molar-refractivity contribution in [2.45, 2.75) is 0 Å². The molecule has 1 saturated heterocycles. The van der Waals surface area contributed by atoms with Crippen molar-refractivity contribution in [3.05, 3.63) is 56.4 Å². The van der Waals surface area contributed by atoms with E-state index in [1.807, 2.05) is 0 Å². The number of amides is 3. The summed E-state index contributed by atoms with van der Waals surface area (Å²) in [6.45, 7) is 0. The molecule has 0 aliphatic carbocycles. The second-order valence-corrected chi connectivity index (χ2v) is 5.83. The number of nitrogens with zero attached hydrogens (tertiary/aromatic N) is 2. The van der Waals surface area contributed by atoms with Gasteiger partial charge in [0.1, 0.15) is 17.2 Å². The Hall–Kier alpha value is -2.94. The minimum atomic E-state index is -0.504. The molecular formula is C15H10BrN3O5. The molecule has 0 radical (unpaired) electrons. The number of hydrogen-bond donors (Lipinski definition) is 1. The van der Waals surface area contributed by atoms with E-state index in [1.54, 1.807) is 18.2 Å². The highest BCUT2D eigenvalue weighted by atomic mass is 79.9.